The van der Waals surface area contributed by atoms with Gasteiger partial charge in [0.25, 0.3) is 0 Å². The van der Waals surface area contributed by atoms with E-state index in [9.17, 15) is 9.18 Å². The van der Waals surface area contributed by atoms with Gasteiger partial charge in [0.2, 0.25) is 5.91 Å². The summed E-state index contributed by atoms with van der Waals surface area (Å²) < 4.78 is 15.3. The van der Waals surface area contributed by atoms with Gasteiger partial charge in [-0.25, -0.2) is 14.1 Å². The van der Waals surface area contributed by atoms with Crippen molar-refractivity contribution in [3.63, 3.8) is 0 Å². The highest BCUT2D eigenvalue weighted by molar-refractivity contribution is 6.31. The van der Waals surface area contributed by atoms with Crippen LogP contribution in [0.15, 0.2) is 49.1 Å². The lowest BCUT2D eigenvalue weighted by Crippen LogP contribution is -2.23. The molecule has 0 fully saturated rings. The molecule has 25 heavy (non-hydrogen) atoms. The zero-order valence-corrected chi connectivity index (χ0v) is 14.1. The number of anilines is 2. The normalized spacial score (nSPS) is 10.5. The van der Waals surface area contributed by atoms with Gasteiger partial charge in [-0.3, -0.25) is 4.79 Å². The van der Waals surface area contributed by atoms with Crippen LogP contribution in [0, 0.1) is 12.7 Å². The molecule has 1 amide bonds. The highest BCUT2D eigenvalue weighted by Gasteiger charge is 2.11. The quantitative estimate of drug-likeness (QED) is 0.732. The molecule has 128 valence electrons. The van der Waals surface area contributed by atoms with Gasteiger partial charge in [0.1, 0.15) is 18.5 Å². The number of aromatic nitrogens is 3. The number of amides is 1. The minimum absolute atomic E-state index is 0.0940. The summed E-state index contributed by atoms with van der Waals surface area (Å²) in [5.41, 5.74) is 2.18. The van der Waals surface area contributed by atoms with Gasteiger partial charge in [-0.1, -0.05) is 17.7 Å². The van der Waals surface area contributed by atoms with Crippen LogP contribution >= 0.6 is 11.6 Å². The third kappa shape index (κ3) is 4.13. The first-order valence-electron chi connectivity index (χ1n) is 7.47. The van der Waals surface area contributed by atoms with Crippen LogP contribution in [-0.4, -0.2) is 27.2 Å². The molecule has 2 N–H and O–H groups in total. The van der Waals surface area contributed by atoms with Gasteiger partial charge in [0.15, 0.2) is 0 Å². The van der Waals surface area contributed by atoms with E-state index in [0.717, 1.165) is 5.56 Å². The Balaban J connectivity index is 1.72. The lowest BCUT2D eigenvalue weighted by atomic mass is 10.2. The molecule has 8 heteroatoms. The molecule has 0 aliphatic heterocycles. The molecule has 3 aromatic rings. The minimum atomic E-state index is -0.404. The van der Waals surface area contributed by atoms with Crippen molar-refractivity contribution in [2.24, 2.45) is 0 Å². The van der Waals surface area contributed by atoms with Crippen LogP contribution < -0.4 is 10.6 Å². The third-order valence-electron chi connectivity index (χ3n) is 3.46. The monoisotopic (exact) mass is 359 g/mol. The first kappa shape index (κ1) is 16.9. The largest absolute Gasteiger partial charge is 0.374 e. The number of halogens is 2. The summed E-state index contributed by atoms with van der Waals surface area (Å²) in [7, 11) is 0. The molecule has 0 radical (unpaired) electrons. The maximum atomic E-state index is 13.8. The molecule has 0 bridgehead atoms. The Hall–Kier alpha value is -2.93. The number of aryl methyl sites for hydroxylation is 1. The lowest BCUT2D eigenvalue weighted by Gasteiger charge is -2.12. The number of carbonyl (C=O) groups excluding carboxylic acids is 1. The summed E-state index contributed by atoms with van der Waals surface area (Å²) in [4.78, 5) is 16.1. The molecule has 0 saturated heterocycles. The number of hydrogen-bond acceptors (Lipinski definition) is 4. The Labute approximate surface area is 148 Å². The summed E-state index contributed by atoms with van der Waals surface area (Å²) in [6.45, 7) is 1.70. The predicted molar refractivity (Wildman–Crippen MR) is 94.6 cm³/mol. The second kappa shape index (κ2) is 7.31. The van der Waals surface area contributed by atoms with E-state index < -0.39 is 5.82 Å². The van der Waals surface area contributed by atoms with Gasteiger partial charge in [-0.15, -0.1) is 0 Å². The van der Waals surface area contributed by atoms with E-state index in [0.29, 0.717) is 16.4 Å². The van der Waals surface area contributed by atoms with Gasteiger partial charge in [0, 0.05) is 5.02 Å². The summed E-state index contributed by atoms with van der Waals surface area (Å²) in [6.07, 6.45) is 2.90. The molecule has 2 aromatic carbocycles. The number of carbonyl (C=O) groups is 1. The maximum Gasteiger partial charge on any atom is 0.243 e. The molecule has 3 rings (SSSR count). The summed E-state index contributed by atoms with van der Waals surface area (Å²) in [6, 6.07) is 9.79. The molecule has 1 heterocycles. The Kier molecular flexibility index (Phi) is 4.95. The topological polar surface area (TPSA) is 71.8 Å². The highest BCUT2D eigenvalue weighted by atomic mass is 35.5. The molecule has 0 aliphatic carbocycles. The smallest absolute Gasteiger partial charge is 0.243 e. The fourth-order valence-corrected chi connectivity index (χ4v) is 2.45. The van der Waals surface area contributed by atoms with E-state index in [-0.39, 0.29) is 18.1 Å². The fraction of sp³-hybridized carbons (Fsp3) is 0.118. The average molecular weight is 360 g/mol. The number of hydrogen-bond donors (Lipinski definition) is 2. The number of nitrogens with zero attached hydrogens (tertiary/aromatic N) is 3. The standard InChI is InChI=1S/C17H15ClFN5O/c1-11-2-4-14(13(19)6-11)21-8-17(25)23-15-7-12(18)3-5-16(15)24-10-20-9-22-24/h2-7,9-10,21H,8H2,1H3,(H,23,25). The zero-order valence-electron chi connectivity index (χ0n) is 13.3. The first-order valence-corrected chi connectivity index (χ1v) is 7.85. The van der Waals surface area contributed by atoms with E-state index >= 15 is 0 Å². The van der Waals surface area contributed by atoms with E-state index in [1.165, 1.54) is 23.4 Å². The molecule has 0 saturated carbocycles. The number of nitrogens with one attached hydrogen (secondary N) is 2. The Morgan fingerprint density at radius 2 is 2.08 bits per heavy atom. The number of benzene rings is 2. The second-order valence-electron chi connectivity index (χ2n) is 5.39. The van der Waals surface area contributed by atoms with Gasteiger partial charge in [-0.05, 0) is 42.8 Å². The SMILES string of the molecule is Cc1ccc(NCC(=O)Nc2cc(Cl)ccc2-n2cncn2)c(F)c1. The van der Waals surface area contributed by atoms with Crippen LogP contribution in [0.5, 0.6) is 0 Å². The van der Waals surface area contributed by atoms with E-state index in [1.54, 1.807) is 37.3 Å². The molecular formula is C17H15ClFN5O. The van der Waals surface area contributed by atoms with Gasteiger partial charge >= 0.3 is 0 Å². The number of rotatable bonds is 5. The van der Waals surface area contributed by atoms with Crippen LogP contribution in [0.1, 0.15) is 5.56 Å². The Morgan fingerprint density at radius 3 is 2.80 bits per heavy atom. The Bertz CT molecular complexity index is 898. The van der Waals surface area contributed by atoms with Crippen molar-refractivity contribution in [3.8, 4) is 5.69 Å². The van der Waals surface area contributed by atoms with Crippen molar-refractivity contribution in [3.05, 3.63) is 65.5 Å². The second-order valence-corrected chi connectivity index (χ2v) is 5.82. The van der Waals surface area contributed by atoms with Crippen molar-refractivity contribution >= 4 is 28.9 Å². The minimum Gasteiger partial charge on any atom is -0.374 e. The molecule has 0 atom stereocenters. The van der Waals surface area contributed by atoms with Crippen LogP contribution in [0.3, 0.4) is 0 Å². The van der Waals surface area contributed by atoms with E-state index in [2.05, 4.69) is 20.7 Å². The van der Waals surface area contributed by atoms with Crippen LogP contribution in [0.4, 0.5) is 15.8 Å². The van der Waals surface area contributed by atoms with Crippen molar-refractivity contribution in [1.82, 2.24) is 14.8 Å². The van der Waals surface area contributed by atoms with Crippen LogP contribution in [-0.2, 0) is 4.79 Å². The molecule has 0 spiro atoms. The van der Waals surface area contributed by atoms with E-state index in [4.69, 9.17) is 11.6 Å². The van der Waals surface area contributed by atoms with Gasteiger partial charge < -0.3 is 10.6 Å². The van der Waals surface area contributed by atoms with Crippen LogP contribution in [0.25, 0.3) is 5.69 Å². The van der Waals surface area contributed by atoms with Crippen molar-refractivity contribution in [2.45, 2.75) is 6.92 Å². The third-order valence-corrected chi connectivity index (χ3v) is 3.70. The molecule has 0 unspecified atom stereocenters. The summed E-state index contributed by atoms with van der Waals surface area (Å²) >= 11 is 6.01. The van der Waals surface area contributed by atoms with Crippen molar-refractivity contribution in [2.75, 3.05) is 17.2 Å². The predicted octanol–water partition coefficient (Wildman–Crippen LogP) is 3.42. The first-order chi connectivity index (χ1) is 12.0. The van der Waals surface area contributed by atoms with Gasteiger partial charge in [0.05, 0.1) is 23.6 Å². The van der Waals surface area contributed by atoms with Gasteiger partial charge in [-0.2, -0.15) is 5.10 Å². The maximum absolute atomic E-state index is 13.8. The van der Waals surface area contributed by atoms with Crippen LogP contribution in [0.2, 0.25) is 5.02 Å². The summed E-state index contributed by atoms with van der Waals surface area (Å²) in [5, 5.41) is 10.0. The average Bonchev–Trinajstić information content (AvgIpc) is 3.08. The van der Waals surface area contributed by atoms with Crippen molar-refractivity contribution < 1.29 is 9.18 Å². The summed E-state index contributed by atoms with van der Waals surface area (Å²) in [5.74, 6) is -0.748. The molecular weight excluding hydrogens is 345 g/mol. The Morgan fingerprint density at radius 1 is 1.24 bits per heavy atom. The lowest BCUT2D eigenvalue weighted by molar-refractivity contribution is -0.114. The van der Waals surface area contributed by atoms with Crippen molar-refractivity contribution in [1.29, 1.82) is 0 Å². The zero-order chi connectivity index (χ0) is 17.8. The molecule has 1 aromatic heterocycles. The fourth-order valence-electron chi connectivity index (χ4n) is 2.27. The molecule has 0 aliphatic rings. The molecule has 6 nitrogen and oxygen atoms in total. The highest BCUT2D eigenvalue weighted by Crippen LogP contribution is 2.24. The van der Waals surface area contributed by atoms with E-state index in [1.807, 2.05) is 0 Å².